The van der Waals surface area contributed by atoms with Crippen molar-refractivity contribution in [2.45, 2.75) is 11.4 Å². The molecule has 1 aromatic heterocycles. The van der Waals surface area contributed by atoms with E-state index < -0.39 is 10.0 Å². The fourth-order valence-corrected chi connectivity index (χ4v) is 4.11. The highest BCUT2D eigenvalue weighted by atomic mass is 79.9. The van der Waals surface area contributed by atoms with E-state index in [2.05, 4.69) is 25.6 Å². The lowest BCUT2D eigenvalue weighted by Gasteiger charge is -2.09. The van der Waals surface area contributed by atoms with Gasteiger partial charge in [0.05, 0.1) is 34.1 Å². The van der Waals surface area contributed by atoms with Crippen molar-refractivity contribution in [1.82, 2.24) is 14.3 Å². The maximum atomic E-state index is 12.5. The van der Waals surface area contributed by atoms with Crippen LogP contribution in [0.15, 0.2) is 51.8 Å². The summed E-state index contributed by atoms with van der Waals surface area (Å²) in [5, 5.41) is 0. The molecular formula is C16H16BrN3O3S. The number of rotatable bonds is 5. The molecule has 6 nitrogen and oxygen atoms in total. The lowest BCUT2D eigenvalue weighted by atomic mass is 10.3. The Labute approximate surface area is 148 Å². The first-order valence-electron chi connectivity index (χ1n) is 7.16. The van der Waals surface area contributed by atoms with E-state index in [1.54, 1.807) is 6.07 Å². The molecule has 0 saturated carbocycles. The van der Waals surface area contributed by atoms with Gasteiger partial charge in [-0.05, 0) is 46.3 Å². The van der Waals surface area contributed by atoms with E-state index in [-0.39, 0.29) is 11.4 Å². The van der Waals surface area contributed by atoms with Gasteiger partial charge in [0.2, 0.25) is 10.0 Å². The standard InChI is InChI=1S/C16H16BrN3O3S/c1-20-14-6-4-3-5-13(14)19-16(20)10-18-24(21,22)11-7-8-15(23-2)12(17)9-11/h3-9,18H,10H2,1-2H3. The average Bonchev–Trinajstić information content (AvgIpc) is 2.89. The van der Waals surface area contributed by atoms with Crippen molar-refractivity contribution in [1.29, 1.82) is 0 Å². The second-order valence-electron chi connectivity index (χ2n) is 5.20. The number of benzene rings is 2. The Morgan fingerprint density at radius 1 is 1.25 bits per heavy atom. The normalized spacial score (nSPS) is 11.8. The van der Waals surface area contributed by atoms with Gasteiger partial charge in [-0.3, -0.25) is 0 Å². The van der Waals surface area contributed by atoms with Crippen LogP contribution in [0.3, 0.4) is 0 Å². The van der Waals surface area contributed by atoms with Crippen LogP contribution in [0.25, 0.3) is 11.0 Å². The van der Waals surface area contributed by atoms with E-state index in [0.29, 0.717) is 16.0 Å². The van der Waals surface area contributed by atoms with Crippen molar-refractivity contribution in [3.63, 3.8) is 0 Å². The Balaban J connectivity index is 1.84. The van der Waals surface area contributed by atoms with Gasteiger partial charge in [-0.15, -0.1) is 0 Å². The van der Waals surface area contributed by atoms with Crippen molar-refractivity contribution in [3.05, 3.63) is 52.8 Å². The summed E-state index contributed by atoms with van der Waals surface area (Å²) in [6.07, 6.45) is 0. The molecule has 0 amide bonds. The quantitative estimate of drug-likeness (QED) is 0.702. The van der Waals surface area contributed by atoms with Crippen LogP contribution in [0.1, 0.15) is 5.82 Å². The molecule has 0 bridgehead atoms. The van der Waals surface area contributed by atoms with Crippen molar-refractivity contribution in [2.75, 3.05) is 7.11 Å². The van der Waals surface area contributed by atoms with Crippen LogP contribution in [0.4, 0.5) is 0 Å². The van der Waals surface area contributed by atoms with Gasteiger partial charge in [-0.1, -0.05) is 12.1 Å². The van der Waals surface area contributed by atoms with Crippen molar-refractivity contribution >= 4 is 37.0 Å². The number of halogens is 1. The summed E-state index contributed by atoms with van der Waals surface area (Å²) in [6, 6.07) is 12.3. The van der Waals surface area contributed by atoms with Gasteiger partial charge < -0.3 is 9.30 Å². The maximum absolute atomic E-state index is 12.5. The van der Waals surface area contributed by atoms with Gasteiger partial charge >= 0.3 is 0 Å². The minimum atomic E-state index is -3.65. The highest BCUT2D eigenvalue weighted by molar-refractivity contribution is 9.10. The molecule has 0 radical (unpaired) electrons. The third-order valence-electron chi connectivity index (χ3n) is 3.73. The third-order valence-corrected chi connectivity index (χ3v) is 5.75. The van der Waals surface area contributed by atoms with E-state index in [4.69, 9.17) is 4.74 Å². The summed E-state index contributed by atoms with van der Waals surface area (Å²) in [7, 11) is -0.259. The number of aromatic nitrogens is 2. The van der Waals surface area contributed by atoms with Gasteiger partial charge in [-0.25, -0.2) is 18.1 Å². The van der Waals surface area contributed by atoms with E-state index in [0.717, 1.165) is 11.0 Å². The Morgan fingerprint density at radius 2 is 2.00 bits per heavy atom. The number of hydrogen-bond acceptors (Lipinski definition) is 4. The number of nitrogens with one attached hydrogen (secondary N) is 1. The molecule has 0 aliphatic carbocycles. The number of ether oxygens (including phenoxy) is 1. The summed E-state index contributed by atoms with van der Waals surface area (Å²) in [4.78, 5) is 4.62. The highest BCUT2D eigenvalue weighted by Crippen LogP contribution is 2.27. The molecule has 126 valence electrons. The van der Waals surface area contributed by atoms with Crippen LogP contribution in [-0.4, -0.2) is 25.1 Å². The SMILES string of the molecule is COc1ccc(S(=O)(=O)NCc2nc3ccccc3n2C)cc1Br. The molecule has 0 atom stereocenters. The number of para-hydroxylation sites is 2. The van der Waals surface area contributed by atoms with E-state index in [1.807, 2.05) is 35.9 Å². The number of sulfonamides is 1. The van der Waals surface area contributed by atoms with Crippen LogP contribution < -0.4 is 9.46 Å². The molecule has 24 heavy (non-hydrogen) atoms. The van der Waals surface area contributed by atoms with Gasteiger partial charge in [-0.2, -0.15) is 0 Å². The lowest BCUT2D eigenvalue weighted by Crippen LogP contribution is -2.24. The van der Waals surface area contributed by atoms with Crippen LogP contribution in [-0.2, 0) is 23.6 Å². The summed E-state index contributed by atoms with van der Waals surface area (Å²) in [5.41, 5.74) is 1.79. The molecule has 0 fully saturated rings. The molecule has 8 heteroatoms. The van der Waals surface area contributed by atoms with Crippen molar-refractivity contribution in [3.8, 4) is 5.75 Å². The predicted octanol–water partition coefficient (Wildman–Crippen LogP) is 2.82. The zero-order chi connectivity index (χ0) is 17.3. The fourth-order valence-electron chi connectivity index (χ4n) is 2.41. The molecule has 1 heterocycles. The Bertz CT molecular complexity index is 999. The van der Waals surface area contributed by atoms with Gasteiger partial charge in [0.1, 0.15) is 11.6 Å². The number of methoxy groups -OCH3 is 1. The molecule has 0 unspecified atom stereocenters. The summed E-state index contributed by atoms with van der Waals surface area (Å²) < 4.78 is 35.1. The molecule has 0 aliphatic rings. The summed E-state index contributed by atoms with van der Waals surface area (Å²) >= 11 is 3.30. The Kier molecular flexibility index (Phi) is 4.62. The third kappa shape index (κ3) is 3.17. The number of imidazole rings is 1. The van der Waals surface area contributed by atoms with E-state index >= 15 is 0 Å². The summed E-state index contributed by atoms with van der Waals surface area (Å²) in [6.45, 7) is 0.108. The highest BCUT2D eigenvalue weighted by Gasteiger charge is 2.17. The average molecular weight is 410 g/mol. The van der Waals surface area contributed by atoms with Crippen LogP contribution in [0.2, 0.25) is 0 Å². The molecule has 3 rings (SSSR count). The summed E-state index contributed by atoms with van der Waals surface area (Å²) in [5.74, 6) is 1.22. The number of nitrogens with zero attached hydrogens (tertiary/aromatic N) is 2. The van der Waals surface area contributed by atoms with Crippen LogP contribution >= 0.6 is 15.9 Å². The fraction of sp³-hybridized carbons (Fsp3) is 0.188. The number of hydrogen-bond donors (Lipinski definition) is 1. The van der Waals surface area contributed by atoms with E-state index in [1.165, 1.54) is 19.2 Å². The molecule has 1 N–H and O–H groups in total. The minimum Gasteiger partial charge on any atom is -0.496 e. The van der Waals surface area contributed by atoms with Crippen LogP contribution in [0, 0.1) is 0 Å². The smallest absolute Gasteiger partial charge is 0.241 e. The molecule has 3 aromatic rings. The van der Waals surface area contributed by atoms with Crippen molar-refractivity contribution < 1.29 is 13.2 Å². The largest absolute Gasteiger partial charge is 0.496 e. The predicted molar refractivity (Wildman–Crippen MR) is 95.4 cm³/mol. The van der Waals surface area contributed by atoms with Gasteiger partial charge in [0.25, 0.3) is 0 Å². The first-order valence-corrected chi connectivity index (χ1v) is 9.43. The lowest BCUT2D eigenvalue weighted by molar-refractivity contribution is 0.411. The minimum absolute atomic E-state index is 0.108. The zero-order valence-electron chi connectivity index (χ0n) is 13.2. The molecule has 0 aliphatic heterocycles. The number of aryl methyl sites for hydroxylation is 1. The van der Waals surface area contributed by atoms with Crippen LogP contribution in [0.5, 0.6) is 5.75 Å². The molecule has 0 saturated heterocycles. The topological polar surface area (TPSA) is 73.2 Å². The molecular weight excluding hydrogens is 394 g/mol. The Morgan fingerprint density at radius 3 is 2.67 bits per heavy atom. The molecule has 0 spiro atoms. The second kappa shape index (κ2) is 6.54. The first kappa shape index (κ1) is 16.9. The first-order chi connectivity index (χ1) is 11.4. The monoisotopic (exact) mass is 409 g/mol. The molecule has 2 aromatic carbocycles. The van der Waals surface area contributed by atoms with Crippen molar-refractivity contribution in [2.24, 2.45) is 7.05 Å². The second-order valence-corrected chi connectivity index (χ2v) is 7.82. The van der Waals surface area contributed by atoms with E-state index in [9.17, 15) is 8.42 Å². The number of fused-ring (bicyclic) bond motifs is 1. The Hall–Kier alpha value is -1.90. The maximum Gasteiger partial charge on any atom is 0.241 e. The van der Waals surface area contributed by atoms with Gasteiger partial charge in [0, 0.05) is 7.05 Å². The van der Waals surface area contributed by atoms with Gasteiger partial charge in [0.15, 0.2) is 0 Å². The zero-order valence-corrected chi connectivity index (χ0v) is 15.6.